The van der Waals surface area contributed by atoms with Gasteiger partial charge in [0.2, 0.25) is 0 Å². The predicted molar refractivity (Wildman–Crippen MR) is 137 cm³/mol. The first-order valence-corrected chi connectivity index (χ1v) is 11.9. The highest BCUT2D eigenvalue weighted by atomic mass is 79.9. The van der Waals surface area contributed by atoms with Gasteiger partial charge in [0.05, 0.1) is 11.2 Å². The van der Waals surface area contributed by atoms with Crippen molar-refractivity contribution < 1.29 is 14.0 Å². The summed E-state index contributed by atoms with van der Waals surface area (Å²) in [7, 11) is 0. The second kappa shape index (κ2) is 11.5. The zero-order valence-corrected chi connectivity index (χ0v) is 20.3. The molecule has 0 aliphatic heterocycles. The summed E-state index contributed by atoms with van der Waals surface area (Å²) in [5.74, 6) is -0.857. The average Bonchev–Trinajstić information content (AvgIpc) is 2.89. The van der Waals surface area contributed by atoms with Gasteiger partial charge in [0.25, 0.3) is 11.8 Å². The first-order valence-electron chi connectivity index (χ1n) is 11.1. The standard InChI is InChI=1S/C26H23BrFN5O2/c27-24-20-8-4-13-29-21(20)22(30-14-5-15-31-25(34)18-6-2-1-3-7-18)23(33-24)26(35)32-16-17-9-11-19(28)12-10-17/h1-4,6-13,30H,5,14-16H2,(H,31,34)(H,32,35). The summed E-state index contributed by atoms with van der Waals surface area (Å²) in [4.78, 5) is 34.2. The van der Waals surface area contributed by atoms with Gasteiger partial charge in [-0.05, 0) is 64.3 Å². The Morgan fingerprint density at radius 1 is 0.886 bits per heavy atom. The molecule has 0 atom stereocenters. The van der Waals surface area contributed by atoms with Crippen molar-refractivity contribution in [2.75, 3.05) is 18.4 Å². The number of nitrogens with zero attached hydrogens (tertiary/aromatic N) is 2. The zero-order chi connectivity index (χ0) is 24.6. The van der Waals surface area contributed by atoms with Crippen LogP contribution in [0.25, 0.3) is 10.9 Å². The van der Waals surface area contributed by atoms with Crippen LogP contribution >= 0.6 is 15.9 Å². The number of pyridine rings is 2. The molecule has 0 aliphatic rings. The predicted octanol–water partition coefficient (Wildman–Crippen LogP) is 4.69. The Bertz CT molecular complexity index is 1330. The number of hydrogen-bond acceptors (Lipinski definition) is 5. The van der Waals surface area contributed by atoms with E-state index in [1.54, 1.807) is 36.5 Å². The molecule has 0 saturated carbocycles. The fourth-order valence-corrected chi connectivity index (χ4v) is 3.99. The van der Waals surface area contributed by atoms with Crippen LogP contribution in [-0.4, -0.2) is 34.9 Å². The quantitative estimate of drug-likeness (QED) is 0.213. The van der Waals surface area contributed by atoms with Crippen molar-refractivity contribution in [3.8, 4) is 0 Å². The minimum atomic E-state index is -0.387. The Balaban J connectivity index is 1.44. The van der Waals surface area contributed by atoms with Gasteiger partial charge in [-0.25, -0.2) is 9.37 Å². The summed E-state index contributed by atoms with van der Waals surface area (Å²) >= 11 is 3.44. The first-order chi connectivity index (χ1) is 17.0. The van der Waals surface area contributed by atoms with Gasteiger partial charge in [-0.3, -0.25) is 14.6 Å². The molecule has 2 aromatic heterocycles. The molecule has 2 amide bonds. The minimum absolute atomic E-state index is 0.135. The first kappa shape index (κ1) is 24.3. The van der Waals surface area contributed by atoms with Crippen LogP contribution < -0.4 is 16.0 Å². The number of carbonyl (C=O) groups is 2. The highest BCUT2D eigenvalue weighted by Crippen LogP contribution is 2.29. The Kier molecular flexibility index (Phi) is 7.99. The molecular formula is C26H23BrFN5O2. The number of benzene rings is 2. The average molecular weight is 536 g/mol. The monoisotopic (exact) mass is 535 g/mol. The summed E-state index contributed by atoms with van der Waals surface area (Å²) in [5, 5.41) is 9.76. The fourth-order valence-electron chi connectivity index (χ4n) is 3.49. The molecular weight excluding hydrogens is 513 g/mol. The number of nitrogens with one attached hydrogen (secondary N) is 3. The van der Waals surface area contributed by atoms with E-state index in [9.17, 15) is 14.0 Å². The van der Waals surface area contributed by atoms with Crippen molar-refractivity contribution in [2.24, 2.45) is 0 Å². The van der Waals surface area contributed by atoms with Crippen LogP contribution in [0, 0.1) is 5.82 Å². The van der Waals surface area contributed by atoms with Gasteiger partial charge in [0, 0.05) is 36.8 Å². The van der Waals surface area contributed by atoms with E-state index in [1.165, 1.54) is 12.1 Å². The second-order valence-corrected chi connectivity index (χ2v) is 8.49. The third-order valence-electron chi connectivity index (χ3n) is 5.27. The molecule has 178 valence electrons. The van der Waals surface area contributed by atoms with E-state index in [0.717, 1.165) is 10.9 Å². The lowest BCUT2D eigenvalue weighted by Crippen LogP contribution is -2.27. The Hall–Kier alpha value is -3.85. The van der Waals surface area contributed by atoms with Crippen molar-refractivity contribution in [1.29, 1.82) is 0 Å². The Labute approximate surface area is 210 Å². The van der Waals surface area contributed by atoms with Gasteiger partial charge in [0.15, 0.2) is 5.69 Å². The third-order valence-corrected chi connectivity index (χ3v) is 5.88. The van der Waals surface area contributed by atoms with E-state index in [-0.39, 0.29) is 29.9 Å². The number of rotatable bonds is 9. The maximum atomic E-state index is 13.2. The lowest BCUT2D eigenvalue weighted by Gasteiger charge is -2.15. The van der Waals surface area contributed by atoms with Crippen molar-refractivity contribution in [3.63, 3.8) is 0 Å². The summed E-state index contributed by atoms with van der Waals surface area (Å²) in [6.45, 7) is 1.17. The molecule has 0 spiro atoms. The van der Waals surface area contributed by atoms with Crippen LogP contribution in [0.4, 0.5) is 10.1 Å². The highest BCUT2D eigenvalue weighted by molar-refractivity contribution is 9.10. The summed E-state index contributed by atoms with van der Waals surface area (Å²) in [6, 6.07) is 18.6. The largest absolute Gasteiger partial charge is 0.381 e. The van der Waals surface area contributed by atoms with E-state index < -0.39 is 0 Å². The summed E-state index contributed by atoms with van der Waals surface area (Å²) in [5.41, 5.74) is 2.68. The minimum Gasteiger partial charge on any atom is -0.381 e. The molecule has 0 saturated heterocycles. The van der Waals surface area contributed by atoms with Crippen LogP contribution in [0.5, 0.6) is 0 Å². The molecule has 0 aliphatic carbocycles. The maximum absolute atomic E-state index is 13.2. The van der Waals surface area contributed by atoms with E-state index in [2.05, 4.69) is 41.8 Å². The van der Waals surface area contributed by atoms with Crippen LogP contribution in [0.2, 0.25) is 0 Å². The highest BCUT2D eigenvalue weighted by Gasteiger charge is 2.19. The molecule has 4 rings (SSSR count). The molecule has 0 radical (unpaired) electrons. The SMILES string of the molecule is O=C(NCCCNc1c(C(=O)NCc2ccc(F)cc2)nc(Br)c2cccnc12)c1ccccc1. The number of halogens is 2. The Morgan fingerprint density at radius 2 is 1.66 bits per heavy atom. The number of fused-ring (bicyclic) bond motifs is 1. The van der Waals surface area contributed by atoms with Crippen LogP contribution in [0.15, 0.2) is 77.5 Å². The van der Waals surface area contributed by atoms with Crippen LogP contribution in [-0.2, 0) is 6.54 Å². The molecule has 0 unspecified atom stereocenters. The van der Waals surface area contributed by atoms with Gasteiger partial charge in [-0.2, -0.15) is 0 Å². The molecule has 4 aromatic rings. The van der Waals surface area contributed by atoms with Gasteiger partial charge < -0.3 is 16.0 Å². The van der Waals surface area contributed by atoms with Gasteiger partial charge in [-0.15, -0.1) is 0 Å². The molecule has 3 N–H and O–H groups in total. The van der Waals surface area contributed by atoms with Gasteiger partial charge in [0.1, 0.15) is 10.4 Å². The number of hydrogen-bond donors (Lipinski definition) is 3. The number of amides is 2. The number of anilines is 1. The summed E-state index contributed by atoms with van der Waals surface area (Å²) < 4.78 is 13.7. The normalized spacial score (nSPS) is 10.7. The number of carbonyl (C=O) groups excluding carboxylic acids is 2. The van der Waals surface area contributed by atoms with Crippen molar-refractivity contribution in [1.82, 2.24) is 20.6 Å². The molecule has 9 heteroatoms. The molecule has 2 aromatic carbocycles. The van der Waals surface area contributed by atoms with E-state index in [1.807, 2.05) is 24.3 Å². The maximum Gasteiger partial charge on any atom is 0.272 e. The molecule has 35 heavy (non-hydrogen) atoms. The van der Waals surface area contributed by atoms with Crippen molar-refractivity contribution in [2.45, 2.75) is 13.0 Å². The third kappa shape index (κ3) is 6.19. The second-order valence-electron chi connectivity index (χ2n) is 7.74. The molecule has 0 fully saturated rings. The van der Waals surface area contributed by atoms with E-state index in [4.69, 9.17) is 0 Å². The Morgan fingerprint density at radius 3 is 2.43 bits per heavy atom. The lowest BCUT2D eigenvalue weighted by molar-refractivity contribution is 0.0942. The molecule has 7 nitrogen and oxygen atoms in total. The van der Waals surface area contributed by atoms with Gasteiger partial charge >= 0.3 is 0 Å². The van der Waals surface area contributed by atoms with Crippen LogP contribution in [0.1, 0.15) is 32.8 Å². The zero-order valence-electron chi connectivity index (χ0n) is 18.7. The lowest BCUT2D eigenvalue weighted by atomic mass is 10.1. The van der Waals surface area contributed by atoms with Crippen molar-refractivity contribution >= 4 is 44.3 Å². The van der Waals surface area contributed by atoms with E-state index in [0.29, 0.717) is 40.9 Å². The van der Waals surface area contributed by atoms with Gasteiger partial charge in [-0.1, -0.05) is 30.3 Å². The fraction of sp³-hybridized carbons (Fsp3) is 0.154. The molecule has 0 bridgehead atoms. The molecule has 2 heterocycles. The van der Waals surface area contributed by atoms with E-state index >= 15 is 0 Å². The van der Waals surface area contributed by atoms with Crippen LogP contribution in [0.3, 0.4) is 0 Å². The smallest absolute Gasteiger partial charge is 0.272 e. The summed E-state index contributed by atoms with van der Waals surface area (Å²) in [6.07, 6.45) is 2.28. The topological polar surface area (TPSA) is 96.0 Å². The van der Waals surface area contributed by atoms with Crippen molar-refractivity contribution in [3.05, 3.63) is 100 Å². The number of aromatic nitrogens is 2.